The molecule has 25 heavy (non-hydrogen) atoms. The van der Waals surface area contributed by atoms with Crippen molar-refractivity contribution in [2.24, 2.45) is 0 Å². The molecule has 0 spiro atoms. The number of alkyl halides is 6. The van der Waals surface area contributed by atoms with Crippen LogP contribution in [0.25, 0.3) is 0 Å². The van der Waals surface area contributed by atoms with Gasteiger partial charge >= 0.3 is 12.4 Å². The van der Waals surface area contributed by atoms with Gasteiger partial charge in [-0.25, -0.2) is 8.42 Å². The fourth-order valence-electron chi connectivity index (χ4n) is 2.19. The zero-order valence-electron chi connectivity index (χ0n) is 11.9. The molecule has 0 N–H and O–H groups in total. The monoisotopic (exact) mass is 386 g/mol. The van der Waals surface area contributed by atoms with Crippen LogP contribution in [0.2, 0.25) is 0 Å². The van der Waals surface area contributed by atoms with Gasteiger partial charge in [0.2, 0.25) is 0 Å². The van der Waals surface area contributed by atoms with Gasteiger partial charge in [-0.3, -0.25) is 9.59 Å². The predicted octanol–water partition coefficient (Wildman–Crippen LogP) is 2.39. The van der Waals surface area contributed by atoms with Crippen molar-refractivity contribution >= 4 is 21.4 Å². The molecule has 0 saturated carbocycles. The van der Waals surface area contributed by atoms with E-state index in [9.17, 15) is 44.3 Å². The highest BCUT2D eigenvalue weighted by Gasteiger charge is 2.45. The summed E-state index contributed by atoms with van der Waals surface area (Å²) < 4.78 is 99.7. The topological polar surface area (TPSA) is 68.3 Å². The minimum absolute atomic E-state index is 0.0796. The van der Waals surface area contributed by atoms with Crippen molar-refractivity contribution in [3.63, 3.8) is 0 Å². The molecule has 136 valence electrons. The normalized spacial score (nSPS) is 25.0. The maximum Gasteiger partial charge on any atom is 0.416 e. The first-order valence-corrected chi connectivity index (χ1v) is 8.10. The molecular weight excluding hydrogens is 378 g/mol. The van der Waals surface area contributed by atoms with Crippen LogP contribution in [0.3, 0.4) is 0 Å². The number of rotatable bonds is 2. The number of allylic oxidation sites excluding steroid dienone is 6. The molecule has 11 heteroatoms. The van der Waals surface area contributed by atoms with Gasteiger partial charge in [0, 0.05) is 0 Å². The number of ketones is 2. The largest absolute Gasteiger partial charge is 0.416 e. The van der Waals surface area contributed by atoms with Crippen molar-refractivity contribution in [1.82, 2.24) is 0 Å². The van der Waals surface area contributed by atoms with Crippen LogP contribution in [-0.2, 0) is 19.4 Å². The molecular formula is C14H8F6O4S. The summed E-state index contributed by atoms with van der Waals surface area (Å²) in [6.07, 6.45) is -7.91. The molecule has 2 aliphatic carbocycles. The van der Waals surface area contributed by atoms with Crippen LogP contribution in [0.15, 0.2) is 47.6 Å². The Kier molecular flexibility index (Phi) is 4.58. The smallest absolute Gasteiger partial charge is 0.293 e. The standard InChI is InChI=1S/C14H8F6O4S/c15-13(16,17)7-1-3-11(9(21)5-7)25(23,24)12-4-2-8(6-10(12)22)14(18,19)20/h1-6,11-12H. The van der Waals surface area contributed by atoms with E-state index in [0.717, 1.165) is 0 Å². The number of halogens is 6. The van der Waals surface area contributed by atoms with Crippen molar-refractivity contribution in [2.75, 3.05) is 0 Å². The van der Waals surface area contributed by atoms with Crippen molar-refractivity contribution in [1.29, 1.82) is 0 Å². The van der Waals surface area contributed by atoms with Crippen LogP contribution in [0.4, 0.5) is 26.3 Å². The van der Waals surface area contributed by atoms with Crippen molar-refractivity contribution in [3.8, 4) is 0 Å². The second-order valence-electron chi connectivity index (χ2n) is 5.15. The lowest BCUT2D eigenvalue weighted by molar-refractivity contribution is -0.115. The summed E-state index contributed by atoms with van der Waals surface area (Å²) in [5.74, 6) is -2.86. The molecule has 0 bridgehead atoms. The van der Waals surface area contributed by atoms with Crippen LogP contribution >= 0.6 is 0 Å². The lowest BCUT2D eigenvalue weighted by Crippen LogP contribution is -2.41. The SMILES string of the molecule is O=C1C=C(C(F)(F)F)C=CC1S(=O)(=O)C1C=CC(C(F)(F)F)=CC1=O. The summed E-state index contributed by atoms with van der Waals surface area (Å²) in [7, 11) is -4.72. The van der Waals surface area contributed by atoms with Crippen LogP contribution in [-0.4, -0.2) is 42.8 Å². The Labute approximate surface area is 137 Å². The zero-order valence-corrected chi connectivity index (χ0v) is 12.7. The van der Waals surface area contributed by atoms with Gasteiger partial charge in [0.25, 0.3) is 0 Å². The molecule has 2 rings (SSSR count). The van der Waals surface area contributed by atoms with Gasteiger partial charge in [0.05, 0.1) is 11.1 Å². The average molecular weight is 386 g/mol. The van der Waals surface area contributed by atoms with E-state index >= 15 is 0 Å². The Morgan fingerprint density at radius 2 is 1.04 bits per heavy atom. The first-order valence-electron chi connectivity index (χ1n) is 6.49. The lowest BCUT2D eigenvalue weighted by atomic mass is 10.1. The highest BCUT2D eigenvalue weighted by Crippen LogP contribution is 2.33. The van der Waals surface area contributed by atoms with Gasteiger partial charge in [0.15, 0.2) is 21.4 Å². The van der Waals surface area contributed by atoms with Crippen LogP contribution < -0.4 is 0 Å². The molecule has 0 aromatic rings. The minimum atomic E-state index is -4.87. The van der Waals surface area contributed by atoms with E-state index in [1.807, 2.05) is 0 Å². The van der Waals surface area contributed by atoms with E-state index in [4.69, 9.17) is 0 Å². The maximum atomic E-state index is 12.5. The number of carbonyl (C=O) groups excluding carboxylic acids is 2. The Morgan fingerprint density at radius 3 is 1.28 bits per heavy atom. The van der Waals surface area contributed by atoms with E-state index in [1.54, 1.807) is 0 Å². The Hall–Kier alpha value is -2.17. The Morgan fingerprint density at radius 1 is 0.720 bits per heavy atom. The van der Waals surface area contributed by atoms with E-state index < -0.39 is 55.4 Å². The quantitative estimate of drug-likeness (QED) is 0.684. The van der Waals surface area contributed by atoms with Gasteiger partial charge in [0.1, 0.15) is 10.5 Å². The number of sulfone groups is 1. The molecule has 0 aliphatic heterocycles. The van der Waals surface area contributed by atoms with Gasteiger partial charge in [-0.2, -0.15) is 26.3 Å². The van der Waals surface area contributed by atoms with Gasteiger partial charge in [-0.05, 0) is 12.2 Å². The molecule has 0 amide bonds. The first-order chi connectivity index (χ1) is 11.2. The Balaban J connectivity index is 2.31. The highest BCUT2D eigenvalue weighted by molar-refractivity contribution is 7.94. The summed E-state index contributed by atoms with van der Waals surface area (Å²) in [4.78, 5) is 23.5. The van der Waals surface area contributed by atoms with E-state index in [0.29, 0.717) is 24.3 Å². The summed E-state index contributed by atoms with van der Waals surface area (Å²) in [6.45, 7) is 0. The number of hydrogen-bond acceptors (Lipinski definition) is 4. The van der Waals surface area contributed by atoms with Crippen molar-refractivity contribution in [3.05, 3.63) is 47.6 Å². The molecule has 2 atom stereocenters. The predicted molar refractivity (Wildman–Crippen MR) is 73.1 cm³/mol. The second-order valence-corrected chi connectivity index (χ2v) is 7.34. The molecule has 0 heterocycles. The molecule has 2 unspecified atom stereocenters. The zero-order chi connectivity index (χ0) is 19.2. The highest BCUT2D eigenvalue weighted by atomic mass is 32.2. The van der Waals surface area contributed by atoms with Crippen LogP contribution in [0, 0.1) is 0 Å². The van der Waals surface area contributed by atoms with E-state index in [-0.39, 0.29) is 12.2 Å². The van der Waals surface area contributed by atoms with Gasteiger partial charge in [-0.1, -0.05) is 24.3 Å². The van der Waals surface area contributed by atoms with Crippen LogP contribution in [0.5, 0.6) is 0 Å². The van der Waals surface area contributed by atoms with Crippen molar-refractivity contribution in [2.45, 2.75) is 22.9 Å². The average Bonchev–Trinajstić information content (AvgIpc) is 2.44. The molecule has 4 nitrogen and oxygen atoms in total. The number of hydrogen-bond donors (Lipinski definition) is 0. The second kappa shape index (κ2) is 5.97. The van der Waals surface area contributed by atoms with E-state index in [1.165, 1.54) is 0 Å². The minimum Gasteiger partial charge on any atom is -0.293 e. The molecule has 0 saturated heterocycles. The third kappa shape index (κ3) is 3.75. The molecule has 0 radical (unpaired) electrons. The van der Waals surface area contributed by atoms with Crippen LogP contribution in [0.1, 0.15) is 0 Å². The summed E-state index contributed by atoms with van der Waals surface area (Å²) in [6, 6.07) is 0. The molecule has 2 aliphatic rings. The van der Waals surface area contributed by atoms with Gasteiger partial charge < -0.3 is 0 Å². The molecule has 0 fully saturated rings. The third-order valence-electron chi connectivity index (χ3n) is 3.42. The lowest BCUT2D eigenvalue weighted by Gasteiger charge is -2.22. The van der Waals surface area contributed by atoms with Gasteiger partial charge in [-0.15, -0.1) is 0 Å². The molecule has 0 aromatic heterocycles. The summed E-state index contributed by atoms with van der Waals surface area (Å²) in [5, 5.41) is -4.17. The van der Waals surface area contributed by atoms with Crippen molar-refractivity contribution < 1.29 is 44.3 Å². The third-order valence-corrected chi connectivity index (χ3v) is 5.61. The first kappa shape index (κ1) is 19.2. The fraction of sp³-hybridized carbons (Fsp3) is 0.286. The summed E-state index contributed by atoms with van der Waals surface area (Å²) in [5.41, 5.74) is -2.73. The number of carbonyl (C=O) groups is 2. The van der Waals surface area contributed by atoms with E-state index in [2.05, 4.69) is 0 Å². The Bertz CT molecular complexity index is 776. The molecule has 0 aromatic carbocycles. The fourth-order valence-corrected chi connectivity index (χ4v) is 3.89. The summed E-state index contributed by atoms with van der Waals surface area (Å²) >= 11 is 0. The maximum absolute atomic E-state index is 12.5.